The Labute approximate surface area is 139 Å². The van der Waals surface area contributed by atoms with E-state index < -0.39 is 0 Å². The van der Waals surface area contributed by atoms with Gasteiger partial charge in [0.25, 0.3) is 0 Å². The van der Waals surface area contributed by atoms with E-state index in [1.54, 1.807) is 0 Å². The van der Waals surface area contributed by atoms with E-state index in [1.807, 2.05) is 30.3 Å². The molecule has 0 atom stereocenters. The minimum absolute atomic E-state index is 0.653. The van der Waals surface area contributed by atoms with E-state index in [0.29, 0.717) is 4.77 Å². The standard InChI is InChI=1S/C18H15ClN2S/c19-14-8-9-16-15(10-14)17(13-4-2-1-3-5-13)20-18(22)21(16)11-12-6-7-12/h1-5,8-10,12H,6-7,11H2. The van der Waals surface area contributed by atoms with Gasteiger partial charge in [-0.15, -0.1) is 0 Å². The smallest absolute Gasteiger partial charge is 0.200 e. The van der Waals surface area contributed by atoms with Crippen LogP contribution in [0.2, 0.25) is 5.02 Å². The molecule has 0 amide bonds. The Bertz CT molecular complexity index is 898. The molecule has 1 fully saturated rings. The van der Waals surface area contributed by atoms with Crippen molar-refractivity contribution in [1.29, 1.82) is 0 Å². The zero-order valence-electron chi connectivity index (χ0n) is 12.0. The molecule has 0 unspecified atom stereocenters. The average molecular weight is 327 g/mol. The van der Waals surface area contributed by atoms with Crippen molar-refractivity contribution < 1.29 is 0 Å². The van der Waals surface area contributed by atoms with Gasteiger partial charge in [0, 0.05) is 22.5 Å². The normalized spacial score (nSPS) is 14.4. The lowest BCUT2D eigenvalue weighted by Crippen LogP contribution is -2.07. The molecular formula is C18H15ClN2S. The maximum Gasteiger partial charge on any atom is 0.200 e. The number of rotatable bonds is 3. The molecule has 2 aromatic carbocycles. The summed E-state index contributed by atoms with van der Waals surface area (Å²) in [5, 5.41) is 1.79. The second-order valence-corrected chi connectivity index (χ2v) is 6.63. The highest BCUT2D eigenvalue weighted by atomic mass is 35.5. The number of benzene rings is 2. The van der Waals surface area contributed by atoms with Crippen molar-refractivity contribution in [3.8, 4) is 11.3 Å². The number of aromatic nitrogens is 2. The third-order valence-electron chi connectivity index (χ3n) is 4.13. The monoisotopic (exact) mass is 326 g/mol. The highest BCUT2D eigenvalue weighted by Crippen LogP contribution is 2.34. The second kappa shape index (κ2) is 5.49. The fourth-order valence-corrected chi connectivity index (χ4v) is 3.24. The number of nitrogens with zero attached hydrogens (tertiary/aromatic N) is 2. The van der Waals surface area contributed by atoms with Crippen LogP contribution in [0.3, 0.4) is 0 Å². The Hall–Kier alpha value is -1.71. The summed E-state index contributed by atoms with van der Waals surface area (Å²) < 4.78 is 2.81. The summed E-state index contributed by atoms with van der Waals surface area (Å²) in [5.41, 5.74) is 3.10. The first-order valence-corrected chi connectivity index (χ1v) is 8.26. The highest BCUT2D eigenvalue weighted by Gasteiger charge is 2.23. The largest absolute Gasteiger partial charge is 0.316 e. The first-order valence-electron chi connectivity index (χ1n) is 7.48. The lowest BCUT2D eigenvalue weighted by Gasteiger charge is -2.14. The van der Waals surface area contributed by atoms with Crippen molar-refractivity contribution in [2.24, 2.45) is 5.92 Å². The Kier molecular flexibility index (Phi) is 3.47. The van der Waals surface area contributed by atoms with Crippen molar-refractivity contribution in [2.45, 2.75) is 19.4 Å². The maximum atomic E-state index is 6.23. The van der Waals surface area contributed by atoms with E-state index in [4.69, 9.17) is 28.8 Å². The average Bonchev–Trinajstić information content (AvgIpc) is 3.35. The molecule has 1 aliphatic rings. The third-order valence-corrected chi connectivity index (χ3v) is 4.67. The molecule has 22 heavy (non-hydrogen) atoms. The zero-order chi connectivity index (χ0) is 15.1. The molecule has 1 aromatic heterocycles. The van der Waals surface area contributed by atoms with Crippen LogP contribution >= 0.6 is 23.8 Å². The molecule has 1 aliphatic carbocycles. The van der Waals surface area contributed by atoms with Gasteiger partial charge in [0.2, 0.25) is 4.77 Å². The molecule has 1 saturated carbocycles. The van der Waals surface area contributed by atoms with E-state index >= 15 is 0 Å². The summed E-state index contributed by atoms with van der Waals surface area (Å²) in [5.74, 6) is 0.745. The molecule has 3 aromatic rings. The summed E-state index contributed by atoms with van der Waals surface area (Å²) in [6, 6.07) is 16.1. The van der Waals surface area contributed by atoms with E-state index in [2.05, 4.69) is 22.8 Å². The minimum atomic E-state index is 0.653. The highest BCUT2D eigenvalue weighted by molar-refractivity contribution is 7.71. The van der Waals surface area contributed by atoms with Crippen LogP contribution in [0.1, 0.15) is 12.8 Å². The van der Waals surface area contributed by atoms with Crippen LogP contribution < -0.4 is 0 Å². The van der Waals surface area contributed by atoms with Gasteiger partial charge in [-0.05, 0) is 49.2 Å². The van der Waals surface area contributed by atoms with Crippen LogP contribution in [-0.4, -0.2) is 9.55 Å². The van der Waals surface area contributed by atoms with Gasteiger partial charge in [-0.2, -0.15) is 0 Å². The van der Waals surface area contributed by atoms with Gasteiger partial charge in [-0.25, -0.2) is 4.98 Å². The Balaban J connectivity index is 2.01. The van der Waals surface area contributed by atoms with E-state index in [9.17, 15) is 0 Å². The second-order valence-electron chi connectivity index (χ2n) is 5.82. The Morgan fingerprint density at radius 2 is 1.91 bits per heavy atom. The van der Waals surface area contributed by atoms with E-state index in [1.165, 1.54) is 12.8 Å². The maximum absolute atomic E-state index is 6.23. The first-order chi connectivity index (χ1) is 10.7. The molecular weight excluding hydrogens is 312 g/mol. The van der Waals surface area contributed by atoms with Gasteiger partial charge in [0.05, 0.1) is 11.2 Å². The number of halogens is 1. The van der Waals surface area contributed by atoms with Gasteiger partial charge in [-0.1, -0.05) is 41.9 Å². The number of hydrogen-bond donors (Lipinski definition) is 0. The Morgan fingerprint density at radius 3 is 2.64 bits per heavy atom. The molecule has 0 aliphatic heterocycles. The first kappa shape index (κ1) is 13.9. The third kappa shape index (κ3) is 2.55. The van der Waals surface area contributed by atoms with Crippen LogP contribution in [-0.2, 0) is 6.54 Å². The number of hydrogen-bond acceptors (Lipinski definition) is 2. The van der Waals surface area contributed by atoms with E-state index in [0.717, 1.165) is 39.6 Å². The fraction of sp³-hybridized carbons (Fsp3) is 0.222. The summed E-state index contributed by atoms with van der Waals surface area (Å²) in [7, 11) is 0. The molecule has 0 spiro atoms. The molecule has 4 heteroatoms. The molecule has 1 heterocycles. The topological polar surface area (TPSA) is 17.8 Å². The van der Waals surface area contributed by atoms with Crippen molar-refractivity contribution in [3.63, 3.8) is 0 Å². The van der Waals surface area contributed by atoms with Gasteiger partial charge >= 0.3 is 0 Å². The Morgan fingerprint density at radius 1 is 1.14 bits per heavy atom. The summed E-state index contributed by atoms with van der Waals surface area (Å²) in [4.78, 5) is 4.71. The zero-order valence-corrected chi connectivity index (χ0v) is 13.6. The molecule has 0 bridgehead atoms. The van der Waals surface area contributed by atoms with Gasteiger partial charge in [0.15, 0.2) is 0 Å². The van der Waals surface area contributed by atoms with Crippen molar-refractivity contribution in [2.75, 3.05) is 0 Å². The molecule has 4 rings (SSSR count). The molecule has 0 N–H and O–H groups in total. The minimum Gasteiger partial charge on any atom is -0.316 e. The van der Waals surface area contributed by atoms with Crippen LogP contribution in [0, 0.1) is 10.7 Å². The van der Waals surface area contributed by atoms with Crippen LogP contribution in [0.25, 0.3) is 22.2 Å². The summed E-state index contributed by atoms with van der Waals surface area (Å²) in [6.07, 6.45) is 2.58. The number of fused-ring (bicyclic) bond motifs is 1. The van der Waals surface area contributed by atoms with Crippen LogP contribution in [0.5, 0.6) is 0 Å². The SMILES string of the molecule is S=c1nc(-c2ccccc2)c2cc(Cl)ccc2n1CC1CC1. The van der Waals surface area contributed by atoms with Gasteiger partial charge in [0.1, 0.15) is 0 Å². The molecule has 110 valence electrons. The van der Waals surface area contributed by atoms with Gasteiger partial charge < -0.3 is 4.57 Å². The summed E-state index contributed by atoms with van der Waals surface area (Å²) >= 11 is 11.8. The van der Waals surface area contributed by atoms with Gasteiger partial charge in [-0.3, -0.25) is 0 Å². The van der Waals surface area contributed by atoms with Crippen molar-refractivity contribution in [3.05, 3.63) is 58.3 Å². The predicted octanol–water partition coefficient (Wildman–Crippen LogP) is 5.50. The lowest BCUT2D eigenvalue weighted by molar-refractivity contribution is 0.626. The van der Waals surface area contributed by atoms with Crippen LogP contribution in [0.15, 0.2) is 48.5 Å². The lowest BCUT2D eigenvalue weighted by atomic mass is 10.1. The predicted molar refractivity (Wildman–Crippen MR) is 93.7 cm³/mol. The van der Waals surface area contributed by atoms with Crippen molar-refractivity contribution >= 4 is 34.7 Å². The van der Waals surface area contributed by atoms with Crippen LogP contribution in [0.4, 0.5) is 0 Å². The van der Waals surface area contributed by atoms with E-state index in [-0.39, 0.29) is 0 Å². The molecule has 0 saturated heterocycles. The fourth-order valence-electron chi connectivity index (χ4n) is 2.80. The van der Waals surface area contributed by atoms with Crippen molar-refractivity contribution in [1.82, 2.24) is 9.55 Å². The molecule has 0 radical (unpaired) electrons. The molecule has 2 nitrogen and oxygen atoms in total. The summed E-state index contributed by atoms with van der Waals surface area (Å²) in [6.45, 7) is 0.957. The quantitative estimate of drug-likeness (QED) is 0.592.